The third-order valence-electron chi connectivity index (χ3n) is 11.4. The summed E-state index contributed by atoms with van der Waals surface area (Å²) in [5.74, 6) is 2.15. The molecular weight excluding hydrogens is 556 g/mol. The van der Waals surface area contributed by atoms with Crippen molar-refractivity contribution < 1.29 is 33.6 Å². The molecule has 1 heterocycles. The number of carbonyl (C=O) groups excluding carboxylic acids is 2. The number of aliphatic hydroxyl groups is 1. The molecule has 7 heteroatoms. The summed E-state index contributed by atoms with van der Waals surface area (Å²) in [6, 6.07) is 16.8. The van der Waals surface area contributed by atoms with Crippen molar-refractivity contribution in [2.24, 2.45) is 28.6 Å². The van der Waals surface area contributed by atoms with Crippen LogP contribution >= 0.6 is 0 Å². The molecule has 44 heavy (non-hydrogen) atoms. The molecule has 1 N–H and O–H groups in total. The van der Waals surface area contributed by atoms with Gasteiger partial charge in [0.25, 0.3) is 0 Å². The Morgan fingerprint density at radius 1 is 1.05 bits per heavy atom. The van der Waals surface area contributed by atoms with Gasteiger partial charge < -0.3 is 24.1 Å². The average molecular weight is 599 g/mol. The Morgan fingerprint density at radius 3 is 2.52 bits per heavy atom. The zero-order chi connectivity index (χ0) is 30.7. The van der Waals surface area contributed by atoms with Crippen molar-refractivity contribution in [3.8, 4) is 17.2 Å². The number of hydrogen-bond acceptors (Lipinski definition) is 7. The van der Waals surface area contributed by atoms with Crippen molar-refractivity contribution in [1.82, 2.24) is 0 Å². The lowest BCUT2D eigenvalue weighted by atomic mass is 9.46. The minimum Gasteiger partial charge on any atom is -0.486 e. The van der Waals surface area contributed by atoms with E-state index in [9.17, 15) is 14.7 Å². The number of allylic oxidation sites excluding steroid dienone is 4. The predicted octanol–water partition coefficient (Wildman–Crippen LogP) is 6.60. The standard InChI is InChI=1S/C37H42O7/c1-4-8-33-43-32-20-29-28-16-11-23-19-24(38)17-18-35(23,2)34(28)30(39)21-36(29,3)37(32,44-33)31(40)22-41-25-12-14-27(15-13-25)42-26-9-6-5-7-10-26/h5-7,9-10,12-15,17-19,28-30,32-34,39H,4,8,11,16,20-22H2,1-3H3/t28?,29?,30-,32-,33?,34?,35?,36?,37+/m0/s1. The van der Waals surface area contributed by atoms with E-state index < -0.39 is 29.5 Å². The van der Waals surface area contributed by atoms with Gasteiger partial charge in [0.2, 0.25) is 5.78 Å². The number of Topliss-reactive ketones (excluding diaryl/α,β-unsaturated/α-hetero) is 1. The van der Waals surface area contributed by atoms with Crippen LogP contribution in [0.3, 0.4) is 0 Å². The minimum atomic E-state index is -1.20. The molecule has 0 spiro atoms. The lowest BCUT2D eigenvalue weighted by Gasteiger charge is -2.59. The Hall–Kier alpha value is -3.26. The minimum absolute atomic E-state index is 0.0214. The van der Waals surface area contributed by atoms with Crippen LogP contribution in [0.1, 0.15) is 59.3 Å². The first kappa shape index (κ1) is 29.5. The second kappa shape index (κ2) is 11.0. The van der Waals surface area contributed by atoms with E-state index in [0.717, 1.165) is 30.6 Å². The van der Waals surface area contributed by atoms with Gasteiger partial charge in [0.05, 0.1) is 12.2 Å². The number of ketones is 2. The van der Waals surface area contributed by atoms with Gasteiger partial charge in [-0.1, -0.05) is 57.0 Å². The summed E-state index contributed by atoms with van der Waals surface area (Å²) < 4.78 is 25.3. The van der Waals surface area contributed by atoms with Gasteiger partial charge in [-0.3, -0.25) is 9.59 Å². The van der Waals surface area contributed by atoms with Gasteiger partial charge in [-0.15, -0.1) is 0 Å². The van der Waals surface area contributed by atoms with Gasteiger partial charge in [0.1, 0.15) is 23.9 Å². The van der Waals surface area contributed by atoms with Crippen LogP contribution in [0, 0.1) is 28.6 Å². The molecule has 1 saturated heterocycles. The second-order valence-corrected chi connectivity index (χ2v) is 13.7. The van der Waals surface area contributed by atoms with Crippen molar-refractivity contribution in [2.75, 3.05) is 6.61 Å². The first-order valence-corrected chi connectivity index (χ1v) is 16.1. The SMILES string of the molecule is CCCC1O[C@H]2CC3C4CCC5=CC(=O)C=CC5(C)C4[C@@H](O)CC3(C)[C@]2(C(=O)COc2ccc(Oc3ccccc3)cc2)O1. The summed E-state index contributed by atoms with van der Waals surface area (Å²) in [6.45, 7) is 6.23. The molecule has 7 nitrogen and oxygen atoms in total. The van der Waals surface area contributed by atoms with Crippen LogP contribution in [0.2, 0.25) is 0 Å². The summed E-state index contributed by atoms with van der Waals surface area (Å²) in [7, 11) is 0. The molecule has 4 fully saturated rings. The molecule has 0 radical (unpaired) electrons. The van der Waals surface area contributed by atoms with E-state index in [0.29, 0.717) is 30.8 Å². The molecule has 0 aromatic heterocycles. The van der Waals surface area contributed by atoms with Crippen LogP contribution in [0.15, 0.2) is 78.4 Å². The van der Waals surface area contributed by atoms with E-state index in [1.807, 2.05) is 48.5 Å². The van der Waals surface area contributed by atoms with Crippen molar-refractivity contribution in [3.63, 3.8) is 0 Å². The highest BCUT2D eigenvalue weighted by Gasteiger charge is 2.75. The molecule has 0 amide bonds. The van der Waals surface area contributed by atoms with E-state index in [2.05, 4.69) is 20.8 Å². The highest BCUT2D eigenvalue weighted by Crippen LogP contribution is 2.69. The molecule has 3 saturated carbocycles. The van der Waals surface area contributed by atoms with Gasteiger partial charge in [0.15, 0.2) is 17.7 Å². The van der Waals surface area contributed by atoms with E-state index in [1.165, 1.54) is 0 Å². The number of hydrogen-bond donors (Lipinski definition) is 1. The third-order valence-corrected chi connectivity index (χ3v) is 11.4. The summed E-state index contributed by atoms with van der Waals surface area (Å²) in [5, 5.41) is 11.9. The average Bonchev–Trinajstić information content (AvgIpc) is 3.49. The Balaban J connectivity index is 1.14. The molecule has 1 aliphatic heterocycles. The molecule has 5 aliphatic rings. The molecule has 232 valence electrons. The number of benzene rings is 2. The fraction of sp³-hybridized carbons (Fsp3) is 0.514. The first-order chi connectivity index (χ1) is 21.2. The van der Waals surface area contributed by atoms with E-state index >= 15 is 0 Å². The lowest BCUT2D eigenvalue weighted by Crippen LogP contribution is -2.63. The van der Waals surface area contributed by atoms with Gasteiger partial charge in [-0.25, -0.2) is 0 Å². The van der Waals surface area contributed by atoms with Crippen molar-refractivity contribution in [3.05, 3.63) is 78.4 Å². The largest absolute Gasteiger partial charge is 0.486 e. The van der Waals surface area contributed by atoms with Gasteiger partial charge in [-0.2, -0.15) is 0 Å². The number of para-hydroxylation sites is 1. The van der Waals surface area contributed by atoms with E-state index in [4.69, 9.17) is 18.9 Å². The van der Waals surface area contributed by atoms with Crippen molar-refractivity contribution in [1.29, 1.82) is 0 Å². The second-order valence-electron chi connectivity index (χ2n) is 13.7. The van der Waals surface area contributed by atoms with Crippen molar-refractivity contribution >= 4 is 11.6 Å². The number of ether oxygens (including phenoxy) is 4. The van der Waals surface area contributed by atoms with Crippen LogP contribution in [0.5, 0.6) is 17.2 Å². The first-order valence-electron chi connectivity index (χ1n) is 16.1. The van der Waals surface area contributed by atoms with Crippen LogP contribution < -0.4 is 9.47 Å². The molecule has 6 unspecified atom stereocenters. The quantitative estimate of drug-likeness (QED) is 0.366. The van der Waals surface area contributed by atoms with E-state index in [-0.39, 0.29) is 41.3 Å². The normalized spacial score (nSPS) is 38.6. The van der Waals surface area contributed by atoms with Crippen LogP contribution in [-0.4, -0.2) is 47.4 Å². The van der Waals surface area contributed by atoms with Crippen LogP contribution in [-0.2, 0) is 19.1 Å². The third kappa shape index (κ3) is 4.50. The van der Waals surface area contributed by atoms with Gasteiger partial charge in [-0.05, 0) is 92.5 Å². The zero-order valence-corrected chi connectivity index (χ0v) is 25.7. The number of rotatable bonds is 8. The fourth-order valence-electron chi connectivity index (χ4n) is 9.49. The molecule has 2 aromatic carbocycles. The van der Waals surface area contributed by atoms with Crippen molar-refractivity contribution in [2.45, 2.75) is 83.4 Å². The topological polar surface area (TPSA) is 91.3 Å². The summed E-state index contributed by atoms with van der Waals surface area (Å²) in [6.07, 6.45) is 8.33. The molecule has 4 aliphatic carbocycles. The summed E-state index contributed by atoms with van der Waals surface area (Å²) in [5.41, 5.74) is -1.09. The van der Waals surface area contributed by atoms with Gasteiger partial charge >= 0.3 is 0 Å². The zero-order valence-electron chi connectivity index (χ0n) is 25.7. The fourth-order valence-corrected chi connectivity index (χ4v) is 9.49. The van der Waals surface area contributed by atoms with Crippen LogP contribution in [0.25, 0.3) is 0 Å². The Bertz CT molecular complexity index is 1480. The summed E-state index contributed by atoms with van der Waals surface area (Å²) >= 11 is 0. The van der Waals surface area contributed by atoms with E-state index in [1.54, 1.807) is 24.3 Å². The number of fused-ring (bicyclic) bond motifs is 7. The maximum absolute atomic E-state index is 14.4. The van der Waals surface area contributed by atoms with Gasteiger partial charge in [0, 0.05) is 16.7 Å². The molecule has 0 bridgehead atoms. The lowest BCUT2D eigenvalue weighted by molar-refractivity contribution is -0.200. The smallest absolute Gasteiger partial charge is 0.205 e. The highest BCUT2D eigenvalue weighted by atomic mass is 16.7. The maximum atomic E-state index is 14.4. The summed E-state index contributed by atoms with van der Waals surface area (Å²) in [4.78, 5) is 26.6. The Kier molecular flexibility index (Phi) is 7.34. The number of aliphatic hydroxyl groups excluding tert-OH is 1. The Labute approximate surface area is 259 Å². The molecule has 9 atom stereocenters. The predicted molar refractivity (Wildman–Crippen MR) is 164 cm³/mol. The molecule has 2 aromatic rings. The van der Waals surface area contributed by atoms with Crippen LogP contribution in [0.4, 0.5) is 0 Å². The number of carbonyl (C=O) groups is 2. The Morgan fingerprint density at radius 2 is 1.77 bits per heavy atom. The molecular formula is C37H42O7. The molecule has 7 rings (SSSR count). The maximum Gasteiger partial charge on any atom is 0.205 e. The highest BCUT2D eigenvalue weighted by molar-refractivity contribution is 6.01. The monoisotopic (exact) mass is 598 g/mol.